The van der Waals surface area contributed by atoms with Crippen LogP contribution in [0.15, 0.2) is 48.5 Å². The predicted molar refractivity (Wildman–Crippen MR) is 91.8 cm³/mol. The number of ether oxygens (including phenoxy) is 1. The van der Waals surface area contributed by atoms with Crippen molar-refractivity contribution in [2.45, 2.75) is 19.7 Å². The fourth-order valence-corrected chi connectivity index (χ4v) is 3.09. The average Bonchev–Trinajstić information content (AvgIpc) is 3.02. The number of urea groups is 1. The Kier molecular flexibility index (Phi) is 5.39. The van der Waals surface area contributed by atoms with Gasteiger partial charge in [0.05, 0.1) is 16.8 Å². The number of thiazole rings is 1. The van der Waals surface area contributed by atoms with Crippen LogP contribution in [0.4, 0.5) is 13.6 Å². The molecule has 0 atom stereocenters. The number of para-hydroxylation sites is 1. The Morgan fingerprint density at radius 3 is 2.52 bits per heavy atom. The van der Waals surface area contributed by atoms with Crippen molar-refractivity contribution in [2.75, 3.05) is 0 Å². The molecule has 2 aromatic carbocycles. The third kappa shape index (κ3) is 4.87. The number of carbonyl (C=O) groups excluding carboxylic acids is 1. The number of rotatable bonds is 6. The number of halogens is 2. The lowest BCUT2D eigenvalue weighted by atomic mass is 10.2. The van der Waals surface area contributed by atoms with Gasteiger partial charge in [-0.1, -0.05) is 24.3 Å². The van der Waals surface area contributed by atoms with Crippen LogP contribution in [-0.2, 0) is 13.1 Å². The lowest BCUT2D eigenvalue weighted by Gasteiger charge is -2.08. The van der Waals surface area contributed by atoms with E-state index in [1.807, 2.05) is 24.3 Å². The summed E-state index contributed by atoms with van der Waals surface area (Å²) in [6.45, 7) is -2.23. The molecule has 130 valence electrons. The van der Waals surface area contributed by atoms with Gasteiger partial charge in [0.25, 0.3) is 0 Å². The molecule has 0 spiro atoms. The van der Waals surface area contributed by atoms with Gasteiger partial charge in [0.15, 0.2) is 0 Å². The fourth-order valence-electron chi connectivity index (χ4n) is 2.19. The van der Waals surface area contributed by atoms with Crippen LogP contribution in [0.25, 0.3) is 10.2 Å². The number of alkyl halides is 2. The van der Waals surface area contributed by atoms with Crippen molar-refractivity contribution in [1.29, 1.82) is 0 Å². The van der Waals surface area contributed by atoms with E-state index in [9.17, 15) is 13.6 Å². The molecule has 0 unspecified atom stereocenters. The van der Waals surface area contributed by atoms with Crippen molar-refractivity contribution < 1.29 is 18.3 Å². The van der Waals surface area contributed by atoms with Crippen LogP contribution < -0.4 is 15.4 Å². The number of carbonyl (C=O) groups is 1. The Hall–Kier alpha value is -2.74. The summed E-state index contributed by atoms with van der Waals surface area (Å²) in [6.07, 6.45) is 0. The van der Waals surface area contributed by atoms with Gasteiger partial charge in [0, 0.05) is 6.54 Å². The van der Waals surface area contributed by atoms with Crippen LogP contribution in [0.5, 0.6) is 5.75 Å². The first-order valence-electron chi connectivity index (χ1n) is 7.50. The van der Waals surface area contributed by atoms with Crippen LogP contribution >= 0.6 is 11.3 Å². The summed E-state index contributed by atoms with van der Waals surface area (Å²) in [5, 5.41) is 6.27. The van der Waals surface area contributed by atoms with Crippen LogP contribution in [0.2, 0.25) is 0 Å². The van der Waals surface area contributed by atoms with Gasteiger partial charge in [-0.2, -0.15) is 8.78 Å². The molecule has 2 amide bonds. The maximum atomic E-state index is 12.1. The summed E-state index contributed by atoms with van der Waals surface area (Å²) >= 11 is 1.53. The zero-order chi connectivity index (χ0) is 17.6. The SMILES string of the molecule is O=C(NCc1ccc(OC(F)F)cc1)NCc1nc2ccccc2s1. The first kappa shape index (κ1) is 17.1. The molecular formula is C17H15F2N3O2S. The third-order valence-electron chi connectivity index (χ3n) is 3.34. The number of amides is 2. The Balaban J connectivity index is 1.46. The highest BCUT2D eigenvalue weighted by Crippen LogP contribution is 2.21. The van der Waals surface area contributed by atoms with Crippen LogP contribution in [0.3, 0.4) is 0 Å². The third-order valence-corrected chi connectivity index (χ3v) is 4.38. The van der Waals surface area contributed by atoms with Crippen LogP contribution in [0, 0.1) is 0 Å². The van der Waals surface area contributed by atoms with Gasteiger partial charge in [0.2, 0.25) is 0 Å². The maximum absolute atomic E-state index is 12.1. The Bertz CT molecular complexity index is 819. The molecule has 0 aliphatic heterocycles. The van der Waals surface area contributed by atoms with Crippen molar-refractivity contribution in [1.82, 2.24) is 15.6 Å². The van der Waals surface area contributed by atoms with E-state index in [1.165, 1.54) is 23.5 Å². The number of hydrogen-bond donors (Lipinski definition) is 2. The molecule has 2 N–H and O–H groups in total. The molecule has 1 heterocycles. The van der Waals surface area contributed by atoms with Crippen molar-refractivity contribution in [3.8, 4) is 5.75 Å². The number of hydrogen-bond acceptors (Lipinski definition) is 4. The molecule has 0 radical (unpaired) electrons. The molecule has 3 rings (SSSR count). The lowest BCUT2D eigenvalue weighted by molar-refractivity contribution is -0.0498. The zero-order valence-corrected chi connectivity index (χ0v) is 13.9. The quantitative estimate of drug-likeness (QED) is 0.698. The average molecular weight is 363 g/mol. The van der Waals surface area contributed by atoms with E-state index in [0.717, 1.165) is 20.8 Å². The van der Waals surface area contributed by atoms with Crippen molar-refractivity contribution in [2.24, 2.45) is 0 Å². The Morgan fingerprint density at radius 1 is 1.08 bits per heavy atom. The molecule has 0 saturated heterocycles. The molecule has 3 aromatic rings. The zero-order valence-electron chi connectivity index (χ0n) is 13.0. The highest BCUT2D eigenvalue weighted by Gasteiger charge is 2.06. The van der Waals surface area contributed by atoms with Crippen molar-refractivity contribution >= 4 is 27.6 Å². The number of aromatic nitrogens is 1. The number of fused-ring (bicyclic) bond motifs is 1. The minimum Gasteiger partial charge on any atom is -0.435 e. The monoisotopic (exact) mass is 363 g/mol. The molecule has 8 heteroatoms. The largest absolute Gasteiger partial charge is 0.435 e. The highest BCUT2D eigenvalue weighted by atomic mass is 32.1. The molecule has 0 saturated carbocycles. The van der Waals surface area contributed by atoms with Crippen LogP contribution in [-0.4, -0.2) is 17.6 Å². The van der Waals surface area contributed by atoms with Gasteiger partial charge in [-0.05, 0) is 29.8 Å². The minimum absolute atomic E-state index is 0.0824. The summed E-state index contributed by atoms with van der Waals surface area (Å²) in [6, 6.07) is 13.6. The van der Waals surface area contributed by atoms with Gasteiger partial charge < -0.3 is 15.4 Å². The number of nitrogens with zero attached hydrogens (tertiary/aromatic N) is 1. The minimum atomic E-state index is -2.85. The van der Waals surface area contributed by atoms with E-state index < -0.39 is 6.61 Å². The maximum Gasteiger partial charge on any atom is 0.387 e. The van der Waals surface area contributed by atoms with E-state index in [2.05, 4.69) is 20.4 Å². The van der Waals surface area contributed by atoms with Gasteiger partial charge >= 0.3 is 12.6 Å². The van der Waals surface area contributed by atoms with Crippen molar-refractivity contribution in [3.63, 3.8) is 0 Å². The fraction of sp³-hybridized carbons (Fsp3) is 0.176. The molecule has 1 aromatic heterocycles. The van der Waals surface area contributed by atoms with E-state index >= 15 is 0 Å². The Labute approximate surface area is 146 Å². The molecule has 5 nitrogen and oxygen atoms in total. The standard InChI is InChI=1S/C17H15F2N3O2S/c18-16(19)24-12-7-5-11(6-8-12)9-20-17(23)21-10-15-22-13-3-1-2-4-14(13)25-15/h1-8,16H,9-10H2,(H2,20,21,23). The van der Waals surface area contributed by atoms with E-state index in [1.54, 1.807) is 12.1 Å². The molecule has 0 fully saturated rings. The Morgan fingerprint density at radius 2 is 1.80 bits per heavy atom. The number of benzene rings is 2. The van der Waals surface area contributed by atoms with Gasteiger partial charge in [-0.15, -0.1) is 11.3 Å². The predicted octanol–water partition coefficient (Wildman–Crippen LogP) is 3.90. The van der Waals surface area contributed by atoms with Gasteiger partial charge in [0.1, 0.15) is 10.8 Å². The summed E-state index contributed by atoms with van der Waals surface area (Å²) in [5.41, 5.74) is 1.69. The first-order chi connectivity index (χ1) is 12.1. The second-order valence-electron chi connectivity index (χ2n) is 5.13. The highest BCUT2D eigenvalue weighted by molar-refractivity contribution is 7.18. The lowest BCUT2D eigenvalue weighted by Crippen LogP contribution is -2.34. The van der Waals surface area contributed by atoms with Gasteiger partial charge in [-0.25, -0.2) is 9.78 Å². The van der Waals surface area contributed by atoms with E-state index in [-0.39, 0.29) is 18.3 Å². The second kappa shape index (κ2) is 7.89. The van der Waals surface area contributed by atoms with Crippen LogP contribution in [0.1, 0.15) is 10.6 Å². The number of nitrogens with one attached hydrogen (secondary N) is 2. The van der Waals surface area contributed by atoms with Gasteiger partial charge in [-0.3, -0.25) is 0 Å². The summed E-state index contributed by atoms with van der Waals surface area (Å²) < 4.78 is 29.5. The van der Waals surface area contributed by atoms with Crippen molar-refractivity contribution in [3.05, 3.63) is 59.1 Å². The molecule has 0 bridgehead atoms. The summed E-state index contributed by atoms with van der Waals surface area (Å²) in [5.74, 6) is 0.0824. The molecule has 0 aliphatic carbocycles. The summed E-state index contributed by atoms with van der Waals surface area (Å²) in [4.78, 5) is 16.3. The first-order valence-corrected chi connectivity index (χ1v) is 8.32. The molecule has 0 aliphatic rings. The van der Waals surface area contributed by atoms with E-state index in [4.69, 9.17) is 0 Å². The second-order valence-corrected chi connectivity index (χ2v) is 6.25. The topological polar surface area (TPSA) is 63.2 Å². The van der Waals surface area contributed by atoms with E-state index in [0.29, 0.717) is 6.54 Å². The normalized spacial score (nSPS) is 10.8. The smallest absolute Gasteiger partial charge is 0.387 e. The molecule has 25 heavy (non-hydrogen) atoms. The summed E-state index contributed by atoms with van der Waals surface area (Å²) in [7, 11) is 0. The molecular weight excluding hydrogens is 348 g/mol.